The zero-order valence-electron chi connectivity index (χ0n) is 20.2. The van der Waals surface area contributed by atoms with E-state index in [1.807, 2.05) is 42.5 Å². The number of anilines is 2. The zero-order chi connectivity index (χ0) is 24.8. The van der Waals surface area contributed by atoms with Crippen LogP contribution in [-0.4, -0.2) is 12.6 Å². The van der Waals surface area contributed by atoms with E-state index in [4.69, 9.17) is 9.47 Å². The molecular formula is C32H26N2O3. The monoisotopic (exact) mass is 486 g/mol. The molecule has 0 aromatic heterocycles. The predicted molar refractivity (Wildman–Crippen MR) is 145 cm³/mol. The Morgan fingerprint density at radius 2 is 1.38 bits per heavy atom. The summed E-state index contributed by atoms with van der Waals surface area (Å²) < 4.78 is 11.1. The van der Waals surface area contributed by atoms with Crippen LogP contribution >= 0.6 is 0 Å². The SMILES string of the molecule is O=C1C[C@H](c2ccc3c(c2)OCO3)CC2=C1[C@H](c1ccc(-c3ccccc3)cc1)Nc1ccccc1N2. The van der Waals surface area contributed by atoms with E-state index < -0.39 is 0 Å². The lowest BCUT2D eigenvalue weighted by Crippen LogP contribution is -2.26. The Bertz CT molecular complexity index is 1530. The third-order valence-corrected chi connectivity index (χ3v) is 7.53. The van der Waals surface area contributed by atoms with E-state index >= 15 is 0 Å². The fourth-order valence-electron chi connectivity index (χ4n) is 5.64. The number of para-hydroxylation sites is 2. The Kier molecular flexibility index (Phi) is 5.21. The topological polar surface area (TPSA) is 59.6 Å². The summed E-state index contributed by atoms with van der Waals surface area (Å²) in [5.41, 5.74) is 8.27. The fourth-order valence-corrected chi connectivity index (χ4v) is 5.64. The number of carbonyl (C=O) groups is 1. The molecule has 0 radical (unpaired) electrons. The molecule has 1 aliphatic carbocycles. The highest BCUT2D eigenvalue weighted by Gasteiger charge is 2.36. The minimum absolute atomic E-state index is 0.0691. The van der Waals surface area contributed by atoms with Gasteiger partial charge >= 0.3 is 0 Å². The van der Waals surface area contributed by atoms with Crippen LogP contribution in [0, 0.1) is 0 Å². The van der Waals surface area contributed by atoms with Crippen molar-refractivity contribution >= 4 is 17.2 Å². The molecule has 2 N–H and O–H groups in total. The van der Waals surface area contributed by atoms with Gasteiger partial charge in [-0.05, 0) is 58.9 Å². The molecule has 0 saturated carbocycles. The van der Waals surface area contributed by atoms with E-state index in [1.54, 1.807) is 0 Å². The Morgan fingerprint density at radius 3 is 2.22 bits per heavy atom. The maximum atomic E-state index is 13.8. The van der Waals surface area contributed by atoms with Crippen molar-refractivity contribution in [2.75, 3.05) is 17.4 Å². The van der Waals surface area contributed by atoms with Gasteiger partial charge in [0.05, 0.1) is 17.4 Å². The lowest BCUT2D eigenvalue weighted by atomic mass is 9.78. The number of hydrogen-bond donors (Lipinski definition) is 2. The standard InChI is InChI=1S/C32H26N2O3/c35-28-17-24(23-14-15-29-30(18-23)37-19-36-29)16-27-31(28)32(34-26-9-5-4-8-25(26)33-27)22-12-10-21(11-13-22)20-6-2-1-3-7-20/h1-15,18,24,32-34H,16-17,19H2/t24-,32+/m1/s1. The van der Waals surface area contributed by atoms with Gasteiger partial charge in [-0.3, -0.25) is 4.79 Å². The van der Waals surface area contributed by atoms with Crippen LogP contribution in [0.4, 0.5) is 11.4 Å². The van der Waals surface area contributed by atoms with Crippen LogP contribution in [0.3, 0.4) is 0 Å². The van der Waals surface area contributed by atoms with Crippen molar-refractivity contribution in [3.05, 3.63) is 119 Å². The summed E-state index contributed by atoms with van der Waals surface area (Å²) in [6.07, 6.45) is 1.20. The summed E-state index contributed by atoms with van der Waals surface area (Å²) in [7, 11) is 0. The summed E-state index contributed by atoms with van der Waals surface area (Å²) in [5.74, 6) is 1.74. The van der Waals surface area contributed by atoms with Gasteiger partial charge in [-0.25, -0.2) is 0 Å². The average Bonchev–Trinajstić information content (AvgIpc) is 3.34. The molecule has 0 amide bonds. The first-order valence-corrected chi connectivity index (χ1v) is 12.7. The first-order chi connectivity index (χ1) is 18.2. The van der Waals surface area contributed by atoms with E-state index in [1.165, 1.54) is 5.56 Å². The maximum absolute atomic E-state index is 13.8. The molecule has 0 bridgehead atoms. The minimum atomic E-state index is -0.235. The molecule has 0 saturated heterocycles. The van der Waals surface area contributed by atoms with Crippen molar-refractivity contribution in [2.45, 2.75) is 24.8 Å². The van der Waals surface area contributed by atoms with Gasteiger partial charge < -0.3 is 20.1 Å². The molecule has 2 heterocycles. The van der Waals surface area contributed by atoms with Crippen molar-refractivity contribution in [1.82, 2.24) is 0 Å². The van der Waals surface area contributed by atoms with Gasteiger partial charge in [0.25, 0.3) is 0 Å². The second kappa shape index (κ2) is 8.86. The number of ketones is 1. The molecule has 3 aliphatic rings. The molecule has 4 aromatic carbocycles. The highest BCUT2D eigenvalue weighted by Crippen LogP contribution is 2.45. The Morgan fingerprint density at radius 1 is 0.676 bits per heavy atom. The first-order valence-electron chi connectivity index (χ1n) is 12.7. The number of nitrogens with one attached hydrogen (secondary N) is 2. The van der Waals surface area contributed by atoms with Crippen LogP contribution in [-0.2, 0) is 4.79 Å². The van der Waals surface area contributed by atoms with Crippen LogP contribution in [0.15, 0.2) is 108 Å². The van der Waals surface area contributed by atoms with Crippen LogP contribution < -0.4 is 20.1 Å². The Balaban J connectivity index is 1.27. The minimum Gasteiger partial charge on any atom is -0.454 e. The van der Waals surface area contributed by atoms with Crippen LogP contribution in [0.2, 0.25) is 0 Å². The first kappa shape index (κ1) is 21.7. The maximum Gasteiger partial charge on any atom is 0.231 e. The summed E-state index contributed by atoms with van der Waals surface area (Å²) in [6, 6.07) is 32.8. The highest BCUT2D eigenvalue weighted by molar-refractivity contribution is 6.01. The van der Waals surface area contributed by atoms with Crippen molar-refractivity contribution in [3.63, 3.8) is 0 Å². The van der Waals surface area contributed by atoms with Gasteiger partial charge in [-0.1, -0.05) is 72.8 Å². The van der Waals surface area contributed by atoms with Crippen molar-refractivity contribution < 1.29 is 14.3 Å². The van der Waals surface area contributed by atoms with Crippen molar-refractivity contribution in [1.29, 1.82) is 0 Å². The van der Waals surface area contributed by atoms with E-state index in [9.17, 15) is 4.79 Å². The molecule has 0 unspecified atom stereocenters. The summed E-state index contributed by atoms with van der Waals surface area (Å²) in [6.45, 7) is 0.242. The van der Waals surface area contributed by atoms with Gasteiger partial charge in [-0.2, -0.15) is 0 Å². The zero-order valence-corrected chi connectivity index (χ0v) is 20.2. The van der Waals surface area contributed by atoms with Crippen LogP contribution in [0.1, 0.15) is 35.9 Å². The lowest BCUT2D eigenvalue weighted by Gasteiger charge is -2.30. The Hall–Kier alpha value is -4.51. The molecule has 5 heteroatoms. The number of rotatable bonds is 3. The lowest BCUT2D eigenvalue weighted by molar-refractivity contribution is -0.116. The summed E-state index contributed by atoms with van der Waals surface area (Å²) in [5, 5.41) is 7.30. The third kappa shape index (κ3) is 3.93. The van der Waals surface area contributed by atoms with E-state index in [0.717, 1.165) is 57.3 Å². The highest BCUT2D eigenvalue weighted by atomic mass is 16.7. The van der Waals surface area contributed by atoms with Crippen LogP contribution in [0.25, 0.3) is 11.1 Å². The summed E-state index contributed by atoms with van der Waals surface area (Å²) >= 11 is 0. The van der Waals surface area contributed by atoms with Gasteiger partial charge in [0.1, 0.15) is 0 Å². The predicted octanol–water partition coefficient (Wildman–Crippen LogP) is 7.06. The number of Topliss-reactive ketones (excluding diaryl/α,β-unsaturated/α-hetero) is 1. The van der Waals surface area contributed by atoms with E-state index in [0.29, 0.717) is 6.42 Å². The summed E-state index contributed by atoms with van der Waals surface area (Å²) in [4.78, 5) is 13.8. The number of carbonyl (C=O) groups excluding carboxylic acids is 1. The second-order valence-corrected chi connectivity index (χ2v) is 9.77. The third-order valence-electron chi connectivity index (χ3n) is 7.53. The number of hydrogen-bond acceptors (Lipinski definition) is 5. The molecule has 0 spiro atoms. The molecule has 4 aromatic rings. The molecule has 2 atom stereocenters. The van der Waals surface area contributed by atoms with Gasteiger partial charge in [-0.15, -0.1) is 0 Å². The average molecular weight is 487 g/mol. The molecule has 182 valence electrons. The van der Waals surface area contributed by atoms with E-state index in [2.05, 4.69) is 65.2 Å². The number of benzene rings is 4. The molecule has 0 fully saturated rings. The number of allylic oxidation sites excluding steroid dienone is 1. The largest absolute Gasteiger partial charge is 0.454 e. The molecular weight excluding hydrogens is 460 g/mol. The van der Waals surface area contributed by atoms with Gasteiger partial charge in [0.2, 0.25) is 6.79 Å². The molecule has 37 heavy (non-hydrogen) atoms. The molecule has 2 aliphatic heterocycles. The number of ether oxygens (including phenoxy) is 2. The second-order valence-electron chi connectivity index (χ2n) is 9.77. The number of fused-ring (bicyclic) bond motifs is 2. The van der Waals surface area contributed by atoms with Crippen molar-refractivity contribution in [2.24, 2.45) is 0 Å². The molecule has 5 nitrogen and oxygen atoms in total. The van der Waals surface area contributed by atoms with Crippen molar-refractivity contribution in [3.8, 4) is 22.6 Å². The van der Waals surface area contributed by atoms with Gasteiger partial charge in [0.15, 0.2) is 17.3 Å². The molecule has 7 rings (SSSR count). The normalized spacial score (nSPS) is 19.8. The quantitative estimate of drug-likeness (QED) is 0.325. The van der Waals surface area contributed by atoms with Gasteiger partial charge in [0, 0.05) is 17.7 Å². The van der Waals surface area contributed by atoms with E-state index in [-0.39, 0.29) is 24.5 Å². The van der Waals surface area contributed by atoms with Crippen LogP contribution in [0.5, 0.6) is 11.5 Å². The Labute approximate surface area is 215 Å². The fraction of sp³-hybridized carbons (Fsp3) is 0.156. The smallest absolute Gasteiger partial charge is 0.231 e.